The molecule has 6 heteroatoms. The first kappa shape index (κ1) is 13.5. The summed E-state index contributed by atoms with van der Waals surface area (Å²) in [6.45, 7) is 4.95. The number of nitrogens with one attached hydrogen (secondary N) is 2. The molecule has 0 unspecified atom stereocenters. The average molecular weight is 286 g/mol. The van der Waals surface area contributed by atoms with E-state index in [1.54, 1.807) is 0 Å². The summed E-state index contributed by atoms with van der Waals surface area (Å²) in [5.41, 5.74) is 2.74. The molecular weight excluding hydrogens is 268 g/mol. The third kappa shape index (κ3) is 2.99. The number of fused-ring (bicyclic) bond motifs is 1. The molecule has 6 nitrogen and oxygen atoms in total. The lowest BCUT2D eigenvalue weighted by Gasteiger charge is -2.18. The number of carbonyl (C=O) groups excluding carboxylic acids is 1. The summed E-state index contributed by atoms with van der Waals surface area (Å²) in [7, 11) is 0. The second-order valence-electron chi connectivity index (χ2n) is 5.32. The lowest BCUT2D eigenvalue weighted by molar-refractivity contribution is -0.118. The molecule has 0 bridgehead atoms. The minimum absolute atomic E-state index is 0.0775. The standard InChI is InChI=1S/C15H18N4O2/c1-10(2)19-8-11(7-17-19)6-16-12-3-4-14-13(5-12)18-15(20)9-21-14/h3-5,7-8,10,16H,6,9H2,1-2H3,(H,18,20). The molecule has 0 spiro atoms. The molecule has 1 aliphatic rings. The van der Waals surface area contributed by atoms with Gasteiger partial charge in [0.25, 0.3) is 5.91 Å². The summed E-state index contributed by atoms with van der Waals surface area (Å²) >= 11 is 0. The number of ether oxygens (including phenoxy) is 1. The summed E-state index contributed by atoms with van der Waals surface area (Å²) in [6, 6.07) is 6.02. The Labute approximate surface area is 123 Å². The third-order valence-electron chi connectivity index (χ3n) is 3.29. The maximum absolute atomic E-state index is 11.3. The van der Waals surface area contributed by atoms with Crippen molar-refractivity contribution in [3.63, 3.8) is 0 Å². The Hall–Kier alpha value is -2.50. The number of amides is 1. The van der Waals surface area contributed by atoms with E-state index >= 15 is 0 Å². The van der Waals surface area contributed by atoms with E-state index < -0.39 is 0 Å². The van der Waals surface area contributed by atoms with Crippen LogP contribution in [-0.4, -0.2) is 22.3 Å². The smallest absolute Gasteiger partial charge is 0.262 e. The zero-order valence-corrected chi connectivity index (χ0v) is 12.1. The van der Waals surface area contributed by atoms with E-state index in [-0.39, 0.29) is 12.5 Å². The van der Waals surface area contributed by atoms with E-state index in [4.69, 9.17) is 4.74 Å². The van der Waals surface area contributed by atoms with Crippen LogP contribution in [0.3, 0.4) is 0 Å². The fourth-order valence-corrected chi connectivity index (χ4v) is 2.15. The van der Waals surface area contributed by atoms with Crippen molar-refractivity contribution in [1.29, 1.82) is 0 Å². The van der Waals surface area contributed by atoms with Gasteiger partial charge < -0.3 is 15.4 Å². The largest absolute Gasteiger partial charge is 0.482 e. The van der Waals surface area contributed by atoms with E-state index in [0.29, 0.717) is 24.0 Å². The fourth-order valence-electron chi connectivity index (χ4n) is 2.15. The van der Waals surface area contributed by atoms with Crippen LogP contribution in [0.15, 0.2) is 30.6 Å². The molecule has 21 heavy (non-hydrogen) atoms. The van der Waals surface area contributed by atoms with Gasteiger partial charge in [0, 0.05) is 30.0 Å². The Bertz CT molecular complexity index is 663. The van der Waals surface area contributed by atoms with Gasteiger partial charge in [-0.05, 0) is 32.0 Å². The Morgan fingerprint density at radius 3 is 3.10 bits per heavy atom. The normalized spacial score (nSPS) is 13.6. The molecule has 1 aromatic carbocycles. The first-order chi connectivity index (χ1) is 10.1. The molecule has 2 N–H and O–H groups in total. The van der Waals surface area contributed by atoms with E-state index in [1.807, 2.05) is 35.3 Å². The molecule has 0 saturated heterocycles. The van der Waals surface area contributed by atoms with Crippen molar-refractivity contribution in [1.82, 2.24) is 9.78 Å². The molecule has 1 aromatic heterocycles. The van der Waals surface area contributed by atoms with Crippen LogP contribution in [0.25, 0.3) is 0 Å². The van der Waals surface area contributed by atoms with Crippen LogP contribution in [0.5, 0.6) is 5.75 Å². The number of anilines is 2. The first-order valence-electron chi connectivity index (χ1n) is 6.95. The van der Waals surface area contributed by atoms with Gasteiger partial charge in [-0.1, -0.05) is 0 Å². The van der Waals surface area contributed by atoms with Crippen molar-refractivity contribution >= 4 is 17.3 Å². The second kappa shape index (κ2) is 5.47. The minimum atomic E-state index is -0.127. The molecule has 1 aliphatic heterocycles. The van der Waals surface area contributed by atoms with E-state index in [2.05, 4.69) is 29.6 Å². The van der Waals surface area contributed by atoms with Gasteiger partial charge in [0.15, 0.2) is 6.61 Å². The fraction of sp³-hybridized carbons (Fsp3) is 0.333. The molecule has 0 aliphatic carbocycles. The Morgan fingerprint density at radius 1 is 1.48 bits per heavy atom. The lowest BCUT2D eigenvalue weighted by atomic mass is 10.2. The van der Waals surface area contributed by atoms with E-state index in [1.165, 1.54) is 0 Å². The summed E-state index contributed by atoms with van der Waals surface area (Å²) in [5.74, 6) is 0.575. The van der Waals surface area contributed by atoms with Crippen LogP contribution in [-0.2, 0) is 11.3 Å². The van der Waals surface area contributed by atoms with Crippen LogP contribution < -0.4 is 15.4 Å². The van der Waals surface area contributed by atoms with Gasteiger partial charge in [-0.3, -0.25) is 9.48 Å². The molecule has 0 atom stereocenters. The van der Waals surface area contributed by atoms with Gasteiger partial charge >= 0.3 is 0 Å². The van der Waals surface area contributed by atoms with Crippen LogP contribution in [0.1, 0.15) is 25.5 Å². The predicted molar refractivity (Wildman–Crippen MR) is 80.5 cm³/mol. The second-order valence-corrected chi connectivity index (χ2v) is 5.32. The lowest BCUT2D eigenvalue weighted by Crippen LogP contribution is -2.25. The van der Waals surface area contributed by atoms with Gasteiger partial charge in [0.05, 0.1) is 11.9 Å². The number of hydrogen-bond donors (Lipinski definition) is 2. The summed E-state index contributed by atoms with van der Waals surface area (Å²) in [5, 5.41) is 10.4. The van der Waals surface area contributed by atoms with Crippen molar-refractivity contribution in [3.05, 3.63) is 36.2 Å². The zero-order valence-electron chi connectivity index (χ0n) is 12.1. The topological polar surface area (TPSA) is 68.2 Å². The molecule has 110 valence electrons. The number of carbonyl (C=O) groups is 1. The van der Waals surface area contributed by atoms with E-state index in [9.17, 15) is 4.79 Å². The van der Waals surface area contributed by atoms with Crippen molar-refractivity contribution in [2.24, 2.45) is 0 Å². The minimum Gasteiger partial charge on any atom is -0.482 e. The van der Waals surface area contributed by atoms with Gasteiger partial charge in [0.2, 0.25) is 0 Å². The SMILES string of the molecule is CC(C)n1cc(CNc2ccc3c(c2)NC(=O)CO3)cn1. The number of rotatable bonds is 4. The van der Waals surface area contributed by atoms with Gasteiger partial charge in [-0.15, -0.1) is 0 Å². The number of nitrogens with zero attached hydrogens (tertiary/aromatic N) is 2. The zero-order chi connectivity index (χ0) is 14.8. The van der Waals surface area contributed by atoms with Gasteiger partial charge in [0.1, 0.15) is 5.75 Å². The van der Waals surface area contributed by atoms with Gasteiger partial charge in [-0.2, -0.15) is 5.10 Å². The number of benzene rings is 1. The van der Waals surface area contributed by atoms with Gasteiger partial charge in [-0.25, -0.2) is 0 Å². The first-order valence-corrected chi connectivity index (χ1v) is 6.95. The molecule has 2 aromatic rings. The Balaban J connectivity index is 1.67. The quantitative estimate of drug-likeness (QED) is 0.905. The molecular formula is C15H18N4O2. The van der Waals surface area contributed by atoms with Crippen LogP contribution in [0.4, 0.5) is 11.4 Å². The highest BCUT2D eigenvalue weighted by atomic mass is 16.5. The van der Waals surface area contributed by atoms with Crippen molar-refractivity contribution in [2.75, 3.05) is 17.2 Å². The van der Waals surface area contributed by atoms with Crippen molar-refractivity contribution in [3.8, 4) is 5.75 Å². The highest BCUT2D eigenvalue weighted by molar-refractivity contribution is 5.96. The molecule has 0 saturated carbocycles. The van der Waals surface area contributed by atoms with Crippen LogP contribution in [0, 0.1) is 0 Å². The molecule has 1 amide bonds. The molecule has 2 heterocycles. The summed E-state index contributed by atoms with van der Waals surface area (Å²) in [4.78, 5) is 11.3. The Morgan fingerprint density at radius 2 is 2.33 bits per heavy atom. The predicted octanol–water partition coefficient (Wildman–Crippen LogP) is 2.41. The molecule has 0 fully saturated rings. The third-order valence-corrected chi connectivity index (χ3v) is 3.29. The highest BCUT2D eigenvalue weighted by Crippen LogP contribution is 2.30. The number of hydrogen-bond acceptors (Lipinski definition) is 4. The summed E-state index contributed by atoms with van der Waals surface area (Å²) < 4.78 is 7.26. The van der Waals surface area contributed by atoms with Crippen molar-refractivity contribution in [2.45, 2.75) is 26.4 Å². The Kier molecular flexibility index (Phi) is 3.51. The summed E-state index contributed by atoms with van der Waals surface area (Å²) in [6.07, 6.45) is 3.89. The maximum atomic E-state index is 11.3. The monoisotopic (exact) mass is 286 g/mol. The van der Waals surface area contributed by atoms with Crippen LogP contribution >= 0.6 is 0 Å². The van der Waals surface area contributed by atoms with Crippen LogP contribution in [0.2, 0.25) is 0 Å². The maximum Gasteiger partial charge on any atom is 0.262 e. The average Bonchev–Trinajstić information content (AvgIpc) is 2.93. The molecule has 0 radical (unpaired) electrons. The van der Waals surface area contributed by atoms with E-state index in [0.717, 1.165) is 11.3 Å². The molecule has 3 rings (SSSR count). The van der Waals surface area contributed by atoms with Crippen molar-refractivity contribution < 1.29 is 9.53 Å². The number of aromatic nitrogens is 2. The highest BCUT2D eigenvalue weighted by Gasteiger charge is 2.15.